The predicted molar refractivity (Wildman–Crippen MR) is 75.7 cm³/mol. The van der Waals surface area contributed by atoms with E-state index >= 15 is 0 Å². The average Bonchev–Trinajstić information content (AvgIpc) is 2.95. The molecule has 0 unspecified atom stereocenters. The van der Waals surface area contributed by atoms with Crippen LogP contribution in [0.15, 0.2) is 34.2 Å². The van der Waals surface area contributed by atoms with Crippen LogP contribution in [0.2, 0.25) is 0 Å². The summed E-state index contributed by atoms with van der Waals surface area (Å²) in [5, 5.41) is 14.5. The molecule has 0 aromatic carbocycles. The summed E-state index contributed by atoms with van der Waals surface area (Å²) in [7, 11) is 0. The Bertz CT molecular complexity index is 574. The summed E-state index contributed by atoms with van der Waals surface area (Å²) in [6.07, 6.45) is 3.75. The lowest BCUT2D eigenvalue weighted by Gasteiger charge is -2.06. The summed E-state index contributed by atoms with van der Waals surface area (Å²) >= 11 is 1.25. The first-order valence-electron chi connectivity index (χ1n) is 6.10. The number of hydrogen-bond acceptors (Lipinski definition) is 7. The van der Waals surface area contributed by atoms with Crippen molar-refractivity contribution in [3.8, 4) is 0 Å². The van der Waals surface area contributed by atoms with E-state index in [0.717, 1.165) is 12.2 Å². The summed E-state index contributed by atoms with van der Waals surface area (Å²) in [6.45, 7) is 2.60. The molecule has 8 heteroatoms. The van der Waals surface area contributed by atoms with Crippen molar-refractivity contribution >= 4 is 23.3 Å². The second-order valence-corrected chi connectivity index (χ2v) is 4.89. The highest BCUT2D eigenvalue weighted by Crippen LogP contribution is 2.33. The van der Waals surface area contributed by atoms with Gasteiger partial charge in [0, 0.05) is 6.54 Å². The highest BCUT2D eigenvalue weighted by atomic mass is 32.2. The van der Waals surface area contributed by atoms with Crippen LogP contribution < -0.4 is 5.32 Å². The zero-order valence-corrected chi connectivity index (χ0v) is 11.7. The number of aromatic nitrogens is 2. The summed E-state index contributed by atoms with van der Waals surface area (Å²) in [6, 6.07) is 3.59. The Morgan fingerprint density at radius 3 is 3.00 bits per heavy atom. The third kappa shape index (κ3) is 3.47. The average molecular weight is 294 g/mol. The van der Waals surface area contributed by atoms with Crippen LogP contribution in [0.4, 0.5) is 11.5 Å². The maximum atomic E-state index is 11.2. The Hall–Kier alpha value is -2.09. The molecule has 7 nitrogen and oxygen atoms in total. The van der Waals surface area contributed by atoms with Gasteiger partial charge in [0.05, 0.1) is 16.9 Å². The van der Waals surface area contributed by atoms with Gasteiger partial charge in [-0.15, -0.1) is 0 Å². The number of anilines is 1. The fourth-order valence-corrected chi connectivity index (χ4v) is 2.41. The van der Waals surface area contributed by atoms with Crippen molar-refractivity contribution in [2.75, 3.05) is 11.9 Å². The van der Waals surface area contributed by atoms with Crippen molar-refractivity contribution < 1.29 is 9.34 Å². The van der Waals surface area contributed by atoms with Crippen molar-refractivity contribution in [3.05, 3.63) is 40.6 Å². The van der Waals surface area contributed by atoms with Crippen LogP contribution in [-0.2, 0) is 5.75 Å². The quantitative estimate of drug-likeness (QED) is 0.363. The fraction of sp³-hybridized carbons (Fsp3) is 0.333. The van der Waals surface area contributed by atoms with E-state index in [2.05, 4.69) is 15.3 Å². The van der Waals surface area contributed by atoms with Gasteiger partial charge in [-0.25, -0.2) is 9.97 Å². The highest BCUT2D eigenvalue weighted by Gasteiger charge is 2.23. The number of nitrogens with zero attached hydrogens (tertiary/aromatic N) is 3. The molecule has 2 aromatic rings. The fourth-order valence-electron chi connectivity index (χ4n) is 1.54. The molecule has 0 radical (unpaired) electrons. The first kappa shape index (κ1) is 14.3. The van der Waals surface area contributed by atoms with Gasteiger partial charge in [-0.3, -0.25) is 10.1 Å². The molecule has 20 heavy (non-hydrogen) atoms. The third-order valence-corrected chi connectivity index (χ3v) is 3.45. The summed E-state index contributed by atoms with van der Waals surface area (Å²) < 4.78 is 5.20. The molecule has 0 aliphatic heterocycles. The standard InChI is InChI=1S/C12H14N4O3S/c1-2-5-13-11-10(16(17)18)12(15-8-14-11)20-7-9-4-3-6-19-9/h3-4,6,8H,2,5,7H2,1H3,(H,13,14,15). The Kier molecular flexibility index (Phi) is 4.94. The zero-order chi connectivity index (χ0) is 14.4. The molecule has 0 saturated heterocycles. The van der Waals surface area contributed by atoms with Gasteiger partial charge in [-0.1, -0.05) is 18.7 Å². The van der Waals surface area contributed by atoms with Crippen molar-refractivity contribution in [3.63, 3.8) is 0 Å². The first-order chi connectivity index (χ1) is 9.72. The Morgan fingerprint density at radius 1 is 1.50 bits per heavy atom. The van der Waals surface area contributed by atoms with Crippen LogP contribution in [0.3, 0.4) is 0 Å². The molecule has 0 atom stereocenters. The zero-order valence-electron chi connectivity index (χ0n) is 10.9. The van der Waals surface area contributed by atoms with Gasteiger partial charge < -0.3 is 9.73 Å². The van der Waals surface area contributed by atoms with E-state index in [-0.39, 0.29) is 11.5 Å². The SMILES string of the molecule is CCCNc1ncnc(SCc2ccco2)c1[N+](=O)[O-]. The normalized spacial score (nSPS) is 10.4. The van der Waals surface area contributed by atoms with Crippen LogP contribution in [-0.4, -0.2) is 21.4 Å². The smallest absolute Gasteiger partial charge is 0.343 e. The number of hydrogen-bond donors (Lipinski definition) is 1. The van der Waals surface area contributed by atoms with Crippen molar-refractivity contribution in [2.45, 2.75) is 24.1 Å². The maximum Gasteiger partial charge on any atom is 0.343 e. The summed E-state index contributed by atoms with van der Waals surface area (Å²) in [5.41, 5.74) is -0.0856. The molecule has 2 heterocycles. The van der Waals surface area contributed by atoms with Crippen LogP contribution >= 0.6 is 11.8 Å². The van der Waals surface area contributed by atoms with Gasteiger partial charge in [0.15, 0.2) is 5.03 Å². The lowest BCUT2D eigenvalue weighted by Crippen LogP contribution is -2.07. The number of nitro groups is 1. The van der Waals surface area contributed by atoms with Gasteiger partial charge >= 0.3 is 5.69 Å². The van der Waals surface area contributed by atoms with Gasteiger partial charge in [-0.2, -0.15) is 0 Å². The molecule has 0 saturated carbocycles. The van der Waals surface area contributed by atoms with Crippen LogP contribution in [0.1, 0.15) is 19.1 Å². The van der Waals surface area contributed by atoms with Gasteiger partial charge in [0.2, 0.25) is 5.82 Å². The number of thioether (sulfide) groups is 1. The minimum atomic E-state index is -0.456. The molecule has 0 bridgehead atoms. The topological polar surface area (TPSA) is 94.1 Å². The monoisotopic (exact) mass is 294 g/mol. The van der Waals surface area contributed by atoms with E-state index in [9.17, 15) is 10.1 Å². The van der Waals surface area contributed by atoms with E-state index in [0.29, 0.717) is 17.3 Å². The minimum absolute atomic E-state index is 0.0856. The molecule has 1 N–H and O–H groups in total. The third-order valence-electron chi connectivity index (χ3n) is 2.44. The maximum absolute atomic E-state index is 11.2. The van der Waals surface area contributed by atoms with Crippen LogP contribution in [0.25, 0.3) is 0 Å². The molecule has 2 aromatic heterocycles. The van der Waals surface area contributed by atoms with E-state index < -0.39 is 4.92 Å². The molecule has 0 spiro atoms. The molecule has 2 rings (SSSR count). The number of rotatable bonds is 7. The molecule has 0 amide bonds. The largest absolute Gasteiger partial charge is 0.468 e. The molecule has 106 valence electrons. The predicted octanol–water partition coefficient (Wildman–Crippen LogP) is 3.09. The van der Waals surface area contributed by atoms with E-state index in [1.807, 2.05) is 13.0 Å². The summed E-state index contributed by atoms with van der Waals surface area (Å²) in [4.78, 5) is 18.7. The van der Waals surface area contributed by atoms with Crippen molar-refractivity contribution in [1.29, 1.82) is 0 Å². The first-order valence-corrected chi connectivity index (χ1v) is 7.09. The Labute approximate surface area is 120 Å². The summed E-state index contributed by atoms with van der Waals surface area (Å²) in [5.74, 6) is 1.48. The van der Waals surface area contributed by atoms with Crippen molar-refractivity contribution in [2.24, 2.45) is 0 Å². The Balaban J connectivity index is 2.20. The number of furan rings is 1. The Morgan fingerprint density at radius 2 is 2.35 bits per heavy atom. The van der Waals surface area contributed by atoms with Crippen molar-refractivity contribution in [1.82, 2.24) is 9.97 Å². The van der Waals surface area contributed by atoms with Crippen LogP contribution in [0.5, 0.6) is 0 Å². The van der Waals surface area contributed by atoms with E-state index in [1.165, 1.54) is 18.1 Å². The highest BCUT2D eigenvalue weighted by molar-refractivity contribution is 7.98. The van der Waals surface area contributed by atoms with Crippen LogP contribution in [0, 0.1) is 10.1 Å². The number of nitrogens with one attached hydrogen (secondary N) is 1. The van der Waals surface area contributed by atoms with E-state index in [1.54, 1.807) is 12.3 Å². The molecular formula is C12H14N4O3S. The lowest BCUT2D eigenvalue weighted by atomic mass is 10.4. The molecule has 0 aliphatic rings. The lowest BCUT2D eigenvalue weighted by molar-refractivity contribution is -0.387. The van der Waals surface area contributed by atoms with Gasteiger partial charge in [-0.05, 0) is 18.6 Å². The molecule has 0 aliphatic carbocycles. The van der Waals surface area contributed by atoms with Gasteiger partial charge in [0.1, 0.15) is 12.1 Å². The van der Waals surface area contributed by atoms with E-state index in [4.69, 9.17) is 4.42 Å². The second-order valence-electron chi connectivity index (χ2n) is 3.93. The molecule has 0 fully saturated rings. The second kappa shape index (κ2) is 6.90. The van der Waals surface area contributed by atoms with Gasteiger partial charge in [0.25, 0.3) is 0 Å². The minimum Gasteiger partial charge on any atom is -0.468 e. The molecular weight excluding hydrogens is 280 g/mol.